The zero-order chi connectivity index (χ0) is 13.1. The lowest BCUT2D eigenvalue weighted by Crippen LogP contribution is -2.02. The maximum absolute atomic E-state index is 6.13. The summed E-state index contributed by atoms with van der Waals surface area (Å²) >= 11 is 15.4. The minimum Gasteiger partial charge on any atom is -0.379 e. The number of aromatic nitrogens is 1. The van der Waals surface area contributed by atoms with Crippen molar-refractivity contribution in [1.82, 2.24) is 4.98 Å². The molecule has 2 aromatic rings. The molecule has 0 unspecified atom stereocenters. The molecule has 0 saturated carbocycles. The number of nitrogens with zero attached hydrogens (tertiary/aromatic N) is 1. The molecule has 1 N–H and O–H groups in total. The first-order valence-corrected chi connectivity index (χ1v) is 6.92. The zero-order valence-corrected chi connectivity index (χ0v) is 12.8. The van der Waals surface area contributed by atoms with E-state index in [9.17, 15) is 0 Å². The smallest absolute Gasteiger partial charge is 0.129 e. The molecule has 1 aromatic heterocycles. The Morgan fingerprint density at radius 3 is 2.72 bits per heavy atom. The first-order chi connectivity index (χ1) is 8.56. The van der Waals surface area contributed by atoms with Crippen LogP contribution in [0.4, 0.5) is 5.69 Å². The molecule has 2 nitrogen and oxygen atoms in total. The minimum atomic E-state index is 0.499. The molecule has 1 heterocycles. The molecule has 0 spiro atoms. The molecule has 0 saturated heterocycles. The Morgan fingerprint density at radius 1 is 1.22 bits per heavy atom. The van der Waals surface area contributed by atoms with Gasteiger partial charge in [0.1, 0.15) is 5.15 Å². The van der Waals surface area contributed by atoms with Gasteiger partial charge in [0, 0.05) is 16.0 Å². The van der Waals surface area contributed by atoms with Gasteiger partial charge in [0.2, 0.25) is 0 Å². The minimum absolute atomic E-state index is 0.499. The van der Waals surface area contributed by atoms with E-state index in [4.69, 9.17) is 23.2 Å². The van der Waals surface area contributed by atoms with Crippen LogP contribution in [0.1, 0.15) is 11.3 Å². The van der Waals surface area contributed by atoms with E-state index in [0.29, 0.717) is 11.7 Å². The quantitative estimate of drug-likeness (QED) is 0.785. The Bertz CT molecular complexity index is 573. The number of aryl methyl sites for hydroxylation is 1. The van der Waals surface area contributed by atoms with Crippen LogP contribution in [-0.2, 0) is 6.54 Å². The van der Waals surface area contributed by atoms with Gasteiger partial charge in [0.25, 0.3) is 0 Å². The third-order valence-corrected chi connectivity index (χ3v) is 3.60. The summed E-state index contributed by atoms with van der Waals surface area (Å²) in [6.45, 7) is 2.55. The van der Waals surface area contributed by atoms with Crippen molar-refractivity contribution in [3.8, 4) is 0 Å². The van der Waals surface area contributed by atoms with Crippen molar-refractivity contribution in [1.29, 1.82) is 0 Å². The van der Waals surface area contributed by atoms with Crippen LogP contribution in [0.2, 0.25) is 10.2 Å². The van der Waals surface area contributed by atoms with Crippen molar-refractivity contribution in [2.24, 2.45) is 0 Å². The molecule has 0 aliphatic rings. The number of pyridine rings is 1. The molecule has 94 valence electrons. The van der Waals surface area contributed by atoms with Crippen LogP contribution < -0.4 is 5.32 Å². The fraction of sp³-hybridized carbons (Fsp3) is 0.154. The van der Waals surface area contributed by atoms with Crippen molar-refractivity contribution in [2.45, 2.75) is 13.5 Å². The Hall–Kier alpha value is -0.770. The molecule has 0 radical (unpaired) electrons. The van der Waals surface area contributed by atoms with E-state index in [1.807, 2.05) is 31.2 Å². The van der Waals surface area contributed by atoms with Crippen molar-refractivity contribution in [2.75, 3.05) is 5.32 Å². The van der Waals surface area contributed by atoms with Crippen LogP contribution in [-0.4, -0.2) is 4.98 Å². The highest BCUT2D eigenvalue weighted by Gasteiger charge is 2.04. The summed E-state index contributed by atoms with van der Waals surface area (Å²) in [6, 6.07) is 9.46. The van der Waals surface area contributed by atoms with E-state index in [-0.39, 0.29) is 0 Å². The maximum atomic E-state index is 6.13. The number of halogens is 3. The molecule has 0 aliphatic carbocycles. The SMILES string of the molecule is Cc1nc(Cl)ccc1NCc1cc(Br)ccc1Cl. The third-order valence-electron chi connectivity index (χ3n) is 2.53. The molecule has 0 amide bonds. The summed E-state index contributed by atoms with van der Waals surface area (Å²) in [5, 5.41) is 4.54. The van der Waals surface area contributed by atoms with Gasteiger partial charge in [0.15, 0.2) is 0 Å². The normalized spacial score (nSPS) is 10.4. The fourth-order valence-electron chi connectivity index (χ4n) is 1.59. The molecule has 1 aromatic carbocycles. The molecule has 0 bridgehead atoms. The van der Waals surface area contributed by atoms with Gasteiger partial charge in [-0.3, -0.25) is 0 Å². The van der Waals surface area contributed by atoms with Crippen molar-refractivity contribution >= 4 is 44.8 Å². The summed E-state index contributed by atoms with van der Waals surface area (Å²) in [5.41, 5.74) is 2.85. The average molecular weight is 346 g/mol. The highest BCUT2D eigenvalue weighted by atomic mass is 79.9. The van der Waals surface area contributed by atoms with Crippen LogP contribution in [0.25, 0.3) is 0 Å². The highest BCUT2D eigenvalue weighted by molar-refractivity contribution is 9.10. The zero-order valence-electron chi connectivity index (χ0n) is 9.67. The third kappa shape index (κ3) is 3.37. The Labute approximate surface area is 124 Å². The monoisotopic (exact) mass is 344 g/mol. The molecular weight excluding hydrogens is 335 g/mol. The molecule has 0 aliphatic heterocycles. The van der Waals surface area contributed by atoms with E-state index in [0.717, 1.165) is 26.4 Å². The standard InChI is InChI=1S/C13H11BrCl2N2/c1-8-12(4-5-13(16)18-8)17-7-9-6-10(14)2-3-11(9)15/h2-6,17H,7H2,1H3. The largest absolute Gasteiger partial charge is 0.379 e. The number of nitrogens with one attached hydrogen (secondary N) is 1. The Kier molecular flexibility index (Phi) is 4.49. The van der Waals surface area contributed by atoms with Gasteiger partial charge in [0.05, 0.1) is 11.4 Å². The first-order valence-electron chi connectivity index (χ1n) is 5.37. The number of anilines is 1. The summed E-state index contributed by atoms with van der Waals surface area (Å²) in [7, 11) is 0. The van der Waals surface area contributed by atoms with E-state index >= 15 is 0 Å². The van der Waals surface area contributed by atoms with Crippen LogP contribution in [0.5, 0.6) is 0 Å². The molecule has 18 heavy (non-hydrogen) atoms. The first kappa shape index (κ1) is 13.7. The number of hydrogen-bond donors (Lipinski definition) is 1. The van der Waals surface area contributed by atoms with Gasteiger partial charge < -0.3 is 5.32 Å². The average Bonchev–Trinajstić information content (AvgIpc) is 2.32. The van der Waals surface area contributed by atoms with Crippen molar-refractivity contribution in [3.05, 3.63) is 56.2 Å². The predicted molar refractivity (Wildman–Crippen MR) is 80.5 cm³/mol. The van der Waals surface area contributed by atoms with Crippen LogP contribution in [0, 0.1) is 6.92 Å². The van der Waals surface area contributed by atoms with Crippen LogP contribution >= 0.6 is 39.1 Å². The van der Waals surface area contributed by atoms with Crippen molar-refractivity contribution in [3.63, 3.8) is 0 Å². The Morgan fingerprint density at radius 2 is 2.00 bits per heavy atom. The summed E-state index contributed by atoms with van der Waals surface area (Å²) in [5.74, 6) is 0. The molecule has 0 fully saturated rings. The van der Waals surface area contributed by atoms with Crippen LogP contribution in [0.15, 0.2) is 34.8 Å². The second kappa shape index (κ2) is 5.91. The number of hydrogen-bond acceptors (Lipinski definition) is 2. The fourth-order valence-corrected chi connectivity index (χ4v) is 2.37. The van der Waals surface area contributed by atoms with Crippen LogP contribution in [0.3, 0.4) is 0 Å². The summed E-state index contributed by atoms with van der Waals surface area (Å²) < 4.78 is 1.01. The van der Waals surface area contributed by atoms with Gasteiger partial charge in [-0.15, -0.1) is 0 Å². The van der Waals surface area contributed by atoms with E-state index in [2.05, 4.69) is 26.2 Å². The topological polar surface area (TPSA) is 24.9 Å². The van der Waals surface area contributed by atoms with Gasteiger partial charge in [-0.05, 0) is 42.8 Å². The molecule has 5 heteroatoms. The number of rotatable bonds is 3. The Balaban J connectivity index is 2.13. The number of benzene rings is 1. The van der Waals surface area contributed by atoms with Gasteiger partial charge in [-0.25, -0.2) is 4.98 Å². The summed E-state index contributed by atoms with van der Waals surface area (Å²) in [6.07, 6.45) is 0. The molecule has 0 atom stereocenters. The lowest BCUT2D eigenvalue weighted by molar-refractivity contribution is 1.11. The van der Waals surface area contributed by atoms with E-state index in [1.54, 1.807) is 6.07 Å². The molecular formula is C13H11BrCl2N2. The second-order valence-electron chi connectivity index (χ2n) is 3.86. The molecule has 2 rings (SSSR count). The summed E-state index contributed by atoms with van der Waals surface area (Å²) in [4.78, 5) is 4.19. The van der Waals surface area contributed by atoms with Crippen molar-refractivity contribution < 1.29 is 0 Å². The lowest BCUT2D eigenvalue weighted by Gasteiger charge is -2.10. The maximum Gasteiger partial charge on any atom is 0.129 e. The van der Waals surface area contributed by atoms with Gasteiger partial charge in [-0.2, -0.15) is 0 Å². The highest BCUT2D eigenvalue weighted by Crippen LogP contribution is 2.23. The van der Waals surface area contributed by atoms with Gasteiger partial charge >= 0.3 is 0 Å². The predicted octanol–water partition coefficient (Wildman–Crippen LogP) is 5.07. The van der Waals surface area contributed by atoms with Gasteiger partial charge in [-0.1, -0.05) is 39.1 Å². The van der Waals surface area contributed by atoms with E-state index in [1.165, 1.54) is 0 Å². The van der Waals surface area contributed by atoms with E-state index < -0.39 is 0 Å². The lowest BCUT2D eigenvalue weighted by atomic mass is 10.2. The second-order valence-corrected chi connectivity index (χ2v) is 5.57.